The van der Waals surface area contributed by atoms with Gasteiger partial charge in [-0.3, -0.25) is 30.4 Å². The van der Waals surface area contributed by atoms with E-state index in [4.69, 9.17) is 35.3 Å². The molecule has 18 nitrogen and oxygen atoms in total. The van der Waals surface area contributed by atoms with E-state index in [0.717, 1.165) is 11.5 Å². The van der Waals surface area contributed by atoms with Crippen LogP contribution in [-0.2, 0) is 49.5 Å². The second-order valence-corrected chi connectivity index (χ2v) is 12.6. The molecule has 2 atom stereocenters. The van der Waals surface area contributed by atoms with E-state index in [1.807, 2.05) is 27.7 Å². The Hall–Kier alpha value is -3.85. The number of anilines is 1. The highest BCUT2D eigenvalue weighted by molar-refractivity contribution is 6.05. The Labute approximate surface area is 362 Å². The third-order valence-corrected chi connectivity index (χ3v) is 6.51. The lowest BCUT2D eigenvalue weighted by molar-refractivity contribution is -0.142. The van der Waals surface area contributed by atoms with Crippen LogP contribution < -0.4 is 44.0 Å². The fourth-order valence-electron chi connectivity index (χ4n) is 3.99. The van der Waals surface area contributed by atoms with E-state index in [2.05, 4.69) is 61.0 Å². The van der Waals surface area contributed by atoms with Crippen LogP contribution in [0.5, 0.6) is 0 Å². The summed E-state index contributed by atoms with van der Waals surface area (Å²) in [6.45, 7) is 24.7. The second kappa shape index (κ2) is 49.5. The van der Waals surface area contributed by atoms with Crippen molar-refractivity contribution in [3.8, 4) is 0 Å². The van der Waals surface area contributed by atoms with Gasteiger partial charge in [0.2, 0.25) is 17.7 Å². The molecule has 0 aliphatic heterocycles. The molecular weight excluding hydrogens is 775 g/mol. The Morgan fingerprint density at radius 3 is 1.60 bits per heavy atom. The summed E-state index contributed by atoms with van der Waals surface area (Å²) in [5, 5.41) is 10.7. The summed E-state index contributed by atoms with van der Waals surface area (Å²) in [6, 6.07) is 4.09. The Balaban J connectivity index is -0.000000756. The molecule has 0 bridgehead atoms. The lowest BCUT2D eigenvalue weighted by Crippen LogP contribution is -2.54. The van der Waals surface area contributed by atoms with E-state index in [1.165, 1.54) is 20.8 Å². The van der Waals surface area contributed by atoms with Crippen molar-refractivity contribution in [3.05, 3.63) is 29.8 Å². The molecule has 5 amide bonds. The number of primary amides is 1. The van der Waals surface area contributed by atoms with Gasteiger partial charge in [-0.2, -0.15) is 0 Å². The van der Waals surface area contributed by atoms with E-state index >= 15 is 0 Å². The summed E-state index contributed by atoms with van der Waals surface area (Å²) in [5.41, 5.74) is 13.3. The van der Waals surface area contributed by atoms with Gasteiger partial charge in [0, 0.05) is 32.1 Å². The molecule has 350 valence electrons. The lowest BCUT2D eigenvalue weighted by atomic mass is 10.0. The number of carbonyl (C=O) groups is 5. The van der Waals surface area contributed by atoms with Crippen molar-refractivity contribution in [2.24, 2.45) is 29.1 Å². The zero-order valence-electron chi connectivity index (χ0n) is 38.9. The van der Waals surface area contributed by atoms with Gasteiger partial charge in [0.15, 0.2) is 0 Å². The molecule has 0 fully saturated rings. The van der Waals surface area contributed by atoms with Crippen molar-refractivity contribution in [3.63, 3.8) is 0 Å². The number of hydrogen-bond donors (Lipinski definition) is 8. The van der Waals surface area contributed by atoms with Gasteiger partial charge in [0.25, 0.3) is 0 Å². The van der Waals surface area contributed by atoms with Crippen LogP contribution in [0.3, 0.4) is 0 Å². The zero-order valence-corrected chi connectivity index (χ0v) is 38.9. The largest absolute Gasteiger partial charge is 0.461 e. The van der Waals surface area contributed by atoms with Gasteiger partial charge >= 0.3 is 12.0 Å². The van der Waals surface area contributed by atoms with Crippen LogP contribution in [0.4, 0.5) is 10.5 Å². The van der Waals surface area contributed by atoms with Crippen molar-refractivity contribution in [2.75, 3.05) is 78.3 Å². The van der Waals surface area contributed by atoms with Crippen LogP contribution in [0.2, 0.25) is 6.82 Å². The average molecular weight is 859 g/mol. The maximum Gasteiger partial charge on any atom is 0.312 e. The molecule has 1 aromatic carbocycles. The molecule has 0 aliphatic carbocycles. The first-order valence-corrected chi connectivity index (χ1v) is 20.8. The number of nitrogens with one attached hydrogen (secondary N) is 5. The molecule has 2 unspecified atom stereocenters. The van der Waals surface area contributed by atoms with Crippen LogP contribution in [0.1, 0.15) is 94.1 Å². The predicted molar refractivity (Wildman–Crippen MR) is 241 cm³/mol. The third-order valence-electron chi connectivity index (χ3n) is 6.51. The molecule has 0 aromatic heterocycles. The number of carbonyl (C=O) groups excluding carboxylic acids is 5. The fourth-order valence-corrected chi connectivity index (χ4v) is 3.99. The first-order chi connectivity index (χ1) is 28.8. The number of benzene rings is 1. The van der Waals surface area contributed by atoms with E-state index in [0.29, 0.717) is 58.3 Å². The maximum atomic E-state index is 13.3. The van der Waals surface area contributed by atoms with Crippen molar-refractivity contribution >= 4 is 43.3 Å². The van der Waals surface area contributed by atoms with Crippen molar-refractivity contribution in [2.45, 2.75) is 114 Å². The van der Waals surface area contributed by atoms with E-state index in [9.17, 15) is 24.0 Å². The molecule has 0 spiro atoms. The first kappa shape index (κ1) is 65.3. The normalized spacial score (nSPS) is 10.7. The van der Waals surface area contributed by atoms with Gasteiger partial charge in [0.1, 0.15) is 18.7 Å². The highest BCUT2D eigenvalue weighted by Crippen LogP contribution is 2.13. The molecule has 19 heteroatoms. The van der Waals surface area contributed by atoms with Gasteiger partial charge in [-0.15, -0.1) is 0 Å². The number of nitrogens with two attached hydrogens (primary N) is 3. The van der Waals surface area contributed by atoms with E-state index in [1.54, 1.807) is 38.1 Å². The second-order valence-electron chi connectivity index (χ2n) is 12.6. The molecule has 1 aromatic rings. The highest BCUT2D eigenvalue weighted by Gasteiger charge is 2.28. The van der Waals surface area contributed by atoms with E-state index in [-0.39, 0.29) is 51.0 Å². The Kier molecular flexibility index (Phi) is 53.9. The molecular formula is C41H83BN8O10. The van der Waals surface area contributed by atoms with Crippen LogP contribution in [0.15, 0.2) is 24.3 Å². The summed E-state index contributed by atoms with van der Waals surface area (Å²) >= 11 is 0. The monoisotopic (exact) mass is 859 g/mol. The summed E-state index contributed by atoms with van der Waals surface area (Å²) < 4.78 is 26.5. The molecule has 0 aliphatic rings. The molecule has 0 saturated heterocycles. The number of urea groups is 1. The Morgan fingerprint density at radius 1 is 0.700 bits per heavy atom. The molecule has 11 N–H and O–H groups in total. The minimum absolute atomic E-state index is 0.0233. The van der Waals surface area contributed by atoms with Crippen LogP contribution >= 0.6 is 0 Å². The van der Waals surface area contributed by atoms with Gasteiger partial charge < -0.3 is 56.4 Å². The standard InChI is InChI=1S/C31H53N7O10.C4H10.2C2H6.CH3B.CH5N/c1-22(2)28(38-27(40)10-13-44-15-17-46-19-20-47-18-16-45-14-12-35-33)30(42)37-26(5-4-11-34-31(32)43)29(41)36-25-8-6-24(7-9-25)21-48-23(3)39;1-4(2)3;4*1-2/h6-9,22,26,28,35H,4-5,10-21,33H2,1-3H3,(H,36,41)(H,37,42)(H,38,40)(H3,32,34,43);4H,1-3H3;2*1-2H3;1H3;2H2,1H3. The number of amides is 5. The quantitative estimate of drug-likeness (QED) is 0.0208. The van der Waals surface area contributed by atoms with Crippen molar-refractivity contribution in [1.82, 2.24) is 21.4 Å². The predicted octanol–water partition coefficient (Wildman–Crippen LogP) is 3.17. The third kappa shape index (κ3) is 45.2. The first-order valence-electron chi connectivity index (χ1n) is 20.8. The topological polar surface area (TPSA) is 270 Å². The summed E-state index contributed by atoms with van der Waals surface area (Å²) in [6.07, 6.45) is 0.554. The fraction of sp³-hybridized carbons (Fsp3) is 0.732. The molecule has 2 radical (unpaired) electrons. The Bertz CT molecular complexity index is 1150. The lowest BCUT2D eigenvalue weighted by Gasteiger charge is -2.25. The summed E-state index contributed by atoms with van der Waals surface area (Å²) in [4.78, 5) is 61.2. The summed E-state index contributed by atoms with van der Waals surface area (Å²) in [5.74, 6) is 3.88. The van der Waals surface area contributed by atoms with E-state index < -0.39 is 35.9 Å². The van der Waals surface area contributed by atoms with Crippen molar-refractivity contribution < 1.29 is 47.7 Å². The zero-order chi connectivity index (χ0) is 47.1. The maximum absolute atomic E-state index is 13.3. The Morgan fingerprint density at radius 2 is 1.17 bits per heavy atom. The van der Waals surface area contributed by atoms with Gasteiger partial charge in [-0.05, 0) is 49.4 Å². The van der Waals surface area contributed by atoms with Gasteiger partial charge in [0.05, 0.1) is 60.7 Å². The smallest absolute Gasteiger partial charge is 0.312 e. The van der Waals surface area contributed by atoms with Crippen LogP contribution in [0, 0.1) is 11.8 Å². The number of hydrazine groups is 1. The number of esters is 1. The average Bonchev–Trinajstić information content (AvgIpc) is 3.23. The number of hydrogen-bond acceptors (Lipinski definition) is 13. The van der Waals surface area contributed by atoms with Crippen LogP contribution in [0.25, 0.3) is 0 Å². The minimum atomic E-state index is -0.980. The minimum Gasteiger partial charge on any atom is -0.461 e. The molecule has 1 rings (SSSR count). The molecule has 60 heavy (non-hydrogen) atoms. The number of rotatable bonds is 27. The molecule has 0 saturated carbocycles. The summed E-state index contributed by atoms with van der Waals surface area (Å²) in [7, 11) is 6.00. The van der Waals surface area contributed by atoms with Gasteiger partial charge in [-0.1, -0.05) is 81.3 Å². The molecule has 0 heterocycles. The van der Waals surface area contributed by atoms with Gasteiger partial charge in [-0.25, -0.2) is 4.79 Å². The highest BCUT2D eigenvalue weighted by atomic mass is 16.6. The SMILES string of the molecule is CC.CC.CC(=O)OCc1ccc(NC(=O)C(CCCNC(N)=O)NC(=O)C(NC(=O)CCOCCOCCOCCOCCNN)C(C)C)cc1.CC(C)C.CN.[B]C. The van der Waals surface area contributed by atoms with Crippen molar-refractivity contribution in [1.29, 1.82) is 0 Å². The van der Waals surface area contributed by atoms with Crippen LogP contribution in [-0.4, -0.2) is 123 Å². The number of ether oxygens (including phenoxy) is 5.